The fourth-order valence-electron chi connectivity index (χ4n) is 1.93. The summed E-state index contributed by atoms with van der Waals surface area (Å²) in [6.07, 6.45) is -0.679. The molecule has 0 aromatic carbocycles. The Bertz CT molecular complexity index is 231. The van der Waals surface area contributed by atoms with E-state index >= 15 is 0 Å². The number of ether oxygens (including phenoxy) is 1. The number of hydrogen-bond donors (Lipinski definition) is 2. The van der Waals surface area contributed by atoms with Crippen LogP contribution in [0.1, 0.15) is 20.3 Å². The summed E-state index contributed by atoms with van der Waals surface area (Å²) >= 11 is 0. The molecule has 1 fully saturated rings. The number of carbonyl (C=O) groups excluding carboxylic acids is 1. The molecule has 15 heavy (non-hydrogen) atoms. The molecule has 0 spiro atoms. The first-order valence-corrected chi connectivity index (χ1v) is 5.17. The van der Waals surface area contributed by atoms with Crippen LogP contribution in [0.15, 0.2) is 0 Å². The Morgan fingerprint density at radius 1 is 1.53 bits per heavy atom. The topological polar surface area (TPSA) is 70.0 Å². The first-order chi connectivity index (χ1) is 6.97. The molecular formula is C10H19NO4. The lowest BCUT2D eigenvalue weighted by Gasteiger charge is -2.30. The van der Waals surface area contributed by atoms with Gasteiger partial charge in [-0.2, -0.15) is 0 Å². The number of aliphatic hydroxyl groups is 2. The van der Waals surface area contributed by atoms with Gasteiger partial charge in [0.15, 0.2) is 0 Å². The summed E-state index contributed by atoms with van der Waals surface area (Å²) < 4.78 is 4.67. The largest absolute Gasteiger partial charge is 0.468 e. The molecule has 2 N–H and O–H groups in total. The van der Waals surface area contributed by atoms with Crippen LogP contribution in [0.3, 0.4) is 0 Å². The Morgan fingerprint density at radius 2 is 2.13 bits per heavy atom. The van der Waals surface area contributed by atoms with Gasteiger partial charge in [-0.3, -0.25) is 9.69 Å². The zero-order valence-electron chi connectivity index (χ0n) is 9.38. The Morgan fingerprint density at radius 3 is 2.60 bits per heavy atom. The molecule has 1 saturated heterocycles. The van der Waals surface area contributed by atoms with Gasteiger partial charge in [0.1, 0.15) is 6.04 Å². The van der Waals surface area contributed by atoms with Crippen molar-refractivity contribution in [3.8, 4) is 0 Å². The highest BCUT2D eigenvalue weighted by atomic mass is 16.5. The third kappa shape index (κ3) is 2.68. The summed E-state index contributed by atoms with van der Waals surface area (Å²) in [6, 6.07) is -0.596. The van der Waals surface area contributed by atoms with Crippen LogP contribution in [0, 0.1) is 0 Å². The SMILES string of the molecule is COC(=O)C1CC(O)CN1C(C)C(C)O. The lowest BCUT2D eigenvalue weighted by molar-refractivity contribution is -0.147. The molecule has 5 heteroatoms. The highest BCUT2D eigenvalue weighted by Gasteiger charge is 2.40. The first kappa shape index (κ1) is 12.4. The van der Waals surface area contributed by atoms with E-state index in [1.807, 2.05) is 6.92 Å². The van der Waals surface area contributed by atoms with Crippen LogP contribution in [0.5, 0.6) is 0 Å². The summed E-state index contributed by atoms with van der Waals surface area (Å²) in [4.78, 5) is 13.2. The number of β-amino-alcohol motifs (C(OH)–C–C–N with tert-alkyl or cyclic N) is 1. The van der Waals surface area contributed by atoms with Gasteiger partial charge < -0.3 is 14.9 Å². The summed E-state index contributed by atoms with van der Waals surface area (Å²) in [7, 11) is 1.33. The van der Waals surface area contributed by atoms with E-state index < -0.39 is 18.2 Å². The number of hydrogen-bond acceptors (Lipinski definition) is 5. The van der Waals surface area contributed by atoms with E-state index in [0.29, 0.717) is 13.0 Å². The van der Waals surface area contributed by atoms with Crippen molar-refractivity contribution in [1.29, 1.82) is 0 Å². The molecule has 1 rings (SSSR count). The molecule has 4 atom stereocenters. The fourth-order valence-corrected chi connectivity index (χ4v) is 1.93. The van der Waals surface area contributed by atoms with Gasteiger partial charge in [-0.1, -0.05) is 0 Å². The second-order valence-electron chi connectivity index (χ2n) is 4.11. The van der Waals surface area contributed by atoms with Crippen molar-refractivity contribution in [3.63, 3.8) is 0 Å². The Balaban J connectivity index is 2.72. The highest BCUT2D eigenvalue weighted by molar-refractivity contribution is 5.76. The van der Waals surface area contributed by atoms with E-state index in [-0.39, 0.29) is 12.0 Å². The van der Waals surface area contributed by atoms with Crippen molar-refractivity contribution in [2.45, 2.75) is 44.6 Å². The van der Waals surface area contributed by atoms with Gasteiger partial charge in [-0.05, 0) is 13.8 Å². The summed E-state index contributed by atoms with van der Waals surface area (Å²) in [5, 5.41) is 19.0. The van der Waals surface area contributed by atoms with Crippen molar-refractivity contribution < 1.29 is 19.7 Å². The average molecular weight is 217 g/mol. The van der Waals surface area contributed by atoms with Crippen molar-refractivity contribution in [1.82, 2.24) is 4.90 Å². The van der Waals surface area contributed by atoms with Crippen molar-refractivity contribution in [2.75, 3.05) is 13.7 Å². The zero-order chi connectivity index (χ0) is 11.6. The Hall–Kier alpha value is -0.650. The van der Waals surface area contributed by atoms with Crippen molar-refractivity contribution in [2.24, 2.45) is 0 Å². The van der Waals surface area contributed by atoms with Crippen LogP contribution >= 0.6 is 0 Å². The molecule has 0 saturated carbocycles. The van der Waals surface area contributed by atoms with Crippen LogP contribution < -0.4 is 0 Å². The van der Waals surface area contributed by atoms with Gasteiger partial charge in [0.25, 0.3) is 0 Å². The van der Waals surface area contributed by atoms with Crippen LogP contribution in [0.2, 0.25) is 0 Å². The normalized spacial score (nSPS) is 31.3. The molecule has 1 heterocycles. The maximum atomic E-state index is 11.4. The maximum absolute atomic E-state index is 11.4. The third-order valence-corrected chi connectivity index (χ3v) is 3.01. The van der Waals surface area contributed by atoms with E-state index in [1.54, 1.807) is 11.8 Å². The molecule has 0 amide bonds. The molecule has 0 aliphatic carbocycles. The van der Waals surface area contributed by atoms with Gasteiger partial charge in [0.2, 0.25) is 0 Å². The number of likely N-dealkylation sites (tertiary alicyclic amines) is 1. The number of methoxy groups -OCH3 is 1. The Labute approximate surface area is 89.6 Å². The predicted molar refractivity (Wildman–Crippen MR) is 54.3 cm³/mol. The van der Waals surface area contributed by atoms with E-state index in [1.165, 1.54) is 7.11 Å². The lowest BCUT2D eigenvalue weighted by atomic mass is 10.1. The van der Waals surface area contributed by atoms with Gasteiger partial charge in [0.05, 0.1) is 19.3 Å². The second kappa shape index (κ2) is 4.92. The fraction of sp³-hybridized carbons (Fsp3) is 0.900. The van der Waals surface area contributed by atoms with E-state index in [4.69, 9.17) is 0 Å². The number of rotatable bonds is 3. The van der Waals surface area contributed by atoms with Crippen LogP contribution in [-0.2, 0) is 9.53 Å². The van der Waals surface area contributed by atoms with Crippen LogP contribution in [0.25, 0.3) is 0 Å². The van der Waals surface area contributed by atoms with Gasteiger partial charge >= 0.3 is 5.97 Å². The monoisotopic (exact) mass is 217 g/mol. The van der Waals surface area contributed by atoms with Crippen LogP contribution in [-0.4, -0.2) is 59.0 Å². The molecule has 5 nitrogen and oxygen atoms in total. The average Bonchev–Trinajstić information content (AvgIpc) is 2.57. The zero-order valence-corrected chi connectivity index (χ0v) is 9.38. The Kier molecular flexibility index (Phi) is 4.07. The van der Waals surface area contributed by atoms with Gasteiger partial charge in [0, 0.05) is 19.0 Å². The molecule has 0 aromatic rings. The smallest absolute Gasteiger partial charge is 0.323 e. The molecular weight excluding hydrogens is 198 g/mol. The molecule has 1 aliphatic heterocycles. The molecule has 0 aromatic heterocycles. The first-order valence-electron chi connectivity index (χ1n) is 5.17. The maximum Gasteiger partial charge on any atom is 0.323 e. The van der Waals surface area contributed by atoms with E-state index in [0.717, 1.165) is 0 Å². The summed E-state index contributed by atoms with van der Waals surface area (Å²) in [5.74, 6) is -0.348. The van der Waals surface area contributed by atoms with Crippen molar-refractivity contribution in [3.05, 3.63) is 0 Å². The highest BCUT2D eigenvalue weighted by Crippen LogP contribution is 2.22. The summed E-state index contributed by atoms with van der Waals surface area (Å²) in [6.45, 7) is 3.91. The molecule has 88 valence electrons. The van der Waals surface area contributed by atoms with Crippen molar-refractivity contribution >= 4 is 5.97 Å². The van der Waals surface area contributed by atoms with E-state index in [9.17, 15) is 15.0 Å². The minimum Gasteiger partial charge on any atom is -0.468 e. The third-order valence-electron chi connectivity index (χ3n) is 3.01. The molecule has 1 aliphatic rings. The van der Waals surface area contributed by atoms with E-state index in [2.05, 4.69) is 4.74 Å². The second-order valence-corrected chi connectivity index (χ2v) is 4.11. The number of aliphatic hydroxyl groups excluding tert-OH is 2. The number of esters is 1. The standard InChI is InChI=1S/C10H19NO4/c1-6(7(2)12)11-5-8(13)4-9(11)10(14)15-3/h6-9,12-13H,4-5H2,1-3H3. The van der Waals surface area contributed by atoms with Gasteiger partial charge in [-0.15, -0.1) is 0 Å². The predicted octanol–water partition coefficient (Wildman–Crippen LogP) is -0.636. The quantitative estimate of drug-likeness (QED) is 0.616. The molecule has 0 radical (unpaired) electrons. The molecule has 4 unspecified atom stereocenters. The van der Waals surface area contributed by atoms with Gasteiger partial charge in [-0.25, -0.2) is 0 Å². The number of nitrogens with zero attached hydrogens (tertiary/aromatic N) is 1. The number of carbonyl (C=O) groups is 1. The molecule has 0 bridgehead atoms. The minimum absolute atomic E-state index is 0.161. The lowest BCUT2D eigenvalue weighted by Crippen LogP contribution is -2.47. The summed E-state index contributed by atoms with van der Waals surface area (Å²) in [5.41, 5.74) is 0. The minimum atomic E-state index is -0.539. The van der Waals surface area contributed by atoms with Crippen LogP contribution in [0.4, 0.5) is 0 Å².